The van der Waals surface area contributed by atoms with Gasteiger partial charge in [-0.25, -0.2) is 0 Å². The van der Waals surface area contributed by atoms with Crippen molar-refractivity contribution in [3.05, 3.63) is 33.8 Å². The molecule has 0 saturated carbocycles. The third kappa shape index (κ3) is 3.84. The van der Waals surface area contributed by atoms with Gasteiger partial charge in [-0.3, -0.25) is 0 Å². The molecular weight excluding hydrogens is 316 g/mol. The predicted molar refractivity (Wildman–Crippen MR) is 88.2 cm³/mol. The summed E-state index contributed by atoms with van der Waals surface area (Å²) in [5.74, 6) is 0.963. The van der Waals surface area contributed by atoms with Gasteiger partial charge in [0.2, 0.25) is 0 Å². The Balaban J connectivity index is 1.95. The normalized spacial score (nSPS) is 14.8. The summed E-state index contributed by atoms with van der Waals surface area (Å²) < 4.78 is 6.86. The van der Waals surface area contributed by atoms with Gasteiger partial charge in [0.1, 0.15) is 12.4 Å². The standard InChI is InChI=1S/C16H23BrN2O/c1-16(2,19(3)4)11-18-9-12-7-13-8-14(17)5-6-15(13)20-10-12/h5-8,18H,9-11H2,1-4H3. The van der Waals surface area contributed by atoms with Crippen LogP contribution in [0.25, 0.3) is 6.08 Å². The first kappa shape index (κ1) is 15.5. The summed E-state index contributed by atoms with van der Waals surface area (Å²) in [5, 5.41) is 3.52. The van der Waals surface area contributed by atoms with Crippen molar-refractivity contribution in [1.29, 1.82) is 0 Å². The second-order valence-electron chi connectivity index (χ2n) is 6.08. The summed E-state index contributed by atoms with van der Waals surface area (Å²) in [6.07, 6.45) is 2.22. The molecule has 2 rings (SSSR count). The molecule has 0 aliphatic carbocycles. The number of fused-ring (bicyclic) bond motifs is 1. The molecule has 3 nitrogen and oxygen atoms in total. The molecule has 0 fully saturated rings. The van der Waals surface area contributed by atoms with Crippen molar-refractivity contribution in [1.82, 2.24) is 10.2 Å². The number of hydrogen-bond donors (Lipinski definition) is 1. The van der Waals surface area contributed by atoms with Crippen LogP contribution in [0.15, 0.2) is 28.2 Å². The molecule has 0 unspecified atom stereocenters. The lowest BCUT2D eigenvalue weighted by Crippen LogP contribution is -2.47. The van der Waals surface area contributed by atoms with E-state index in [4.69, 9.17) is 4.74 Å². The molecule has 0 atom stereocenters. The second-order valence-corrected chi connectivity index (χ2v) is 7.00. The predicted octanol–water partition coefficient (Wildman–Crippen LogP) is 3.15. The maximum Gasteiger partial charge on any atom is 0.127 e. The van der Waals surface area contributed by atoms with Gasteiger partial charge in [0, 0.05) is 28.7 Å². The third-order valence-corrected chi connectivity index (χ3v) is 4.36. The van der Waals surface area contributed by atoms with Gasteiger partial charge in [-0.1, -0.05) is 15.9 Å². The van der Waals surface area contributed by atoms with E-state index in [1.165, 1.54) is 5.57 Å². The third-order valence-electron chi connectivity index (χ3n) is 3.86. The Labute approximate surface area is 130 Å². The number of hydrogen-bond acceptors (Lipinski definition) is 3. The van der Waals surface area contributed by atoms with Crippen LogP contribution < -0.4 is 10.1 Å². The van der Waals surface area contributed by atoms with Crippen LogP contribution in [-0.4, -0.2) is 44.2 Å². The highest BCUT2D eigenvalue weighted by Crippen LogP contribution is 2.28. The van der Waals surface area contributed by atoms with Crippen LogP contribution in [0.3, 0.4) is 0 Å². The van der Waals surface area contributed by atoms with E-state index in [-0.39, 0.29) is 5.54 Å². The fourth-order valence-electron chi connectivity index (χ4n) is 1.98. The van der Waals surface area contributed by atoms with Crippen molar-refractivity contribution in [2.24, 2.45) is 0 Å². The maximum absolute atomic E-state index is 5.78. The summed E-state index contributed by atoms with van der Waals surface area (Å²) in [7, 11) is 4.22. The average molecular weight is 339 g/mol. The molecule has 4 heteroatoms. The molecule has 0 bridgehead atoms. The Morgan fingerprint density at radius 3 is 2.80 bits per heavy atom. The summed E-state index contributed by atoms with van der Waals surface area (Å²) in [6.45, 7) is 6.95. The van der Waals surface area contributed by atoms with E-state index in [1.54, 1.807) is 0 Å². The molecule has 1 N–H and O–H groups in total. The summed E-state index contributed by atoms with van der Waals surface area (Å²) in [4.78, 5) is 2.23. The molecule has 0 spiro atoms. The van der Waals surface area contributed by atoms with E-state index < -0.39 is 0 Å². The van der Waals surface area contributed by atoms with E-state index in [0.717, 1.165) is 28.9 Å². The first-order valence-electron chi connectivity index (χ1n) is 6.88. The topological polar surface area (TPSA) is 24.5 Å². The van der Waals surface area contributed by atoms with Gasteiger partial charge in [0.25, 0.3) is 0 Å². The number of nitrogens with one attached hydrogen (secondary N) is 1. The van der Waals surface area contributed by atoms with Gasteiger partial charge < -0.3 is 15.0 Å². The Morgan fingerprint density at radius 1 is 1.35 bits per heavy atom. The zero-order valence-corrected chi connectivity index (χ0v) is 14.3. The van der Waals surface area contributed by atoms with Crippen molar-refractivity contribution >= 4 is 22.0 Å². The van der Waals surface area contributed by atoms with Crippen molar-refractivity contribution in [2.75, 3.05) is 33.8 Å². The van der Waals surface area contributed by atoms with Gasteiger partial charge in [0.05, 0.1) is 0 Å². The quantitative estimate of drug-likeness (QED) is 0.892. The van der Waals surface area contributed by atoms with Crippen molar-refractivity contribution in [2.45, 2.75) is 19.4 Å². The lowest BCUT2D eigenvalue weighted by molar-refractivity contribution is 0.191. The van der Waals surface area contributed by atoms with Gasteiger partial charge in [-0.15, -0.1) is 0 Å². The monoisotopic (exact) mass is 338 g/mol. The van der Waals surface area contributed by atoms with Crippen molar-refractivity contribution in [3.63, 3.8) is 0 Å². The zero-order valence-electron chi connectivity index (χ0n) is 12.7. The Morgan fingerprint density at radius 2 is 2.10 bits per heavy atom. The highest BCUT2D eigenvalue weighted by Gasteiger charge is 2.20. The Hall–Kier alpha value is -0.840. The van der Waals surface area contributed by atoms with E-state index >= 15 is 0 Å². The average Bonchev–Trinajstić information content (AvgIpc) is 2.37. The molecule has 1 aromatic carbocycles. The number of likely N-dealkylation sites (N-methyl/N-ethyl adjacent to an activating group) is 1. The van der Waals surface area contributed by atoms with Crippen LogP contribution in [0.2, 0.25) is 0 Å². The van der Waals surface area contributed by atoms with Gasteiger partial charge in [0.15, 0.2) is 0 Å². The van der Waals surface area contributed by atoms with Gasteiger partial charge >= 0.3 is 0 Å². The summed E-state index contributed by atoms with van der Waals surface area (Å²) in [6, 6.07) is 6.11. The lowest BCUT2D eigenvalue weighted by atomic mass is 10.0. The molecule has 1 aliphatic heterocycles. The first-order chi connectivity index (χ1) is 9.38. The van der Waals surface area contributed by atoms with Crippen molar-refractivity contribution < 1.29 is 4.74 Å². The minimum atomic E-state index is 0.150. The number of benzene rings is 1. The summed E-state index contributed by atoms with van der Waals surface area (Å²) in [5.41, 5.74) is 2.58. The number of ether oxygens (including phenoxy) is 1. The fourth-order valence-corrected chi connectivity index (χ4v) is 2.36. The molecule has 0 radical (unpaired) electrons. The van der Waals surface area contributed by atoms with E-state index in [9.17, 15) is 0 Å². The molecule has 0 aromatic heterocycles. The van der Waals surface area contributed by atoms with Gasteiger partial charge in [-0.05, 0) is 57.8 Å². The van der Waals surface area contributed by atoms with Crippen LogP contribution in [0.4, 0.5) is 0 Å². The fraction of sp³-hybridized carbons (Fsp3) is 0.500. The van der Waals surface area contributed by atoms with E-state index in [0.29, 0.717) is 6.61 Å². The lowest BCUT2D eigenvalue weighted by Gasteiger charge is -2.33. The highest BCUT2D eigenvalue weighted by molar-refractivity contribution is 9.10. The largest absolute Gasteiger partial charge is 0.489 e. The molecule has 1 heterocycles. The van der Waals surface area contributed by atoms with E-state index in [2.05, 4.69) is 66.2 Å². The molecule has 1 aromatic rings. The van der Waals surface area contributed by atoms with Gasteiger partial charge in [-0.2, -0.15) is 0 Å². The maximum atomic E-state index is 5.78. The zero-order chi connectivity index (χ0) is 14.8. The number of halogens is 1. The number of nitrogens with zero attached hydrogens (tertiary/aromatic N) is 1. The first-order valence-corrected chi connectivity index (χ1v) is 7.68. The summed E-state index contributed by atoms with van der Waals surface area (Å²) >= 11 is 3.50. The molecule has 20 heavy (non-hydrogen) atoms. The Kier molecular flexibility index (Phi) is 4.89. The smallest absolute Gasteiger partial charge is 0.127 e. The van der Waals surface area contributed by atoms with Crippen LogP contribution in [0.5, 0.6) is 5.75 Å². The SMILES string of the molecule is CN(C)C(C)(C)CNCC1=Cc2cc(Br)ccc2OC1. The van der Waals surface area contributed by atoms with Crippen molar-refractivity contribution in [3.8, 4) is 5.75 Å². The second kappa shape index (κ2) is 6.29. The minimum Gasteiger partial charge on any atom is -0.489 e. The van der Waals surface area contributed by atoms with Crippen LogP contribution in [-0.2, 0) is 0 Å². The van der Waals surface area contributed by atoms with E-state index in [1.807, 2.05) is 12.1 Å². The number of rotatable bonds is 5. The molecule has 0 amide bonds. The molecule has 0 saturated heterocycles. The molecule has 110 valence electrons. The Bertz CT molecular complexity index is 509. The molecular formula is C16H23BrN2O. The van der Waals surface area contributed by atoms with Crippen LogP contribution in [0, 0.1) is 0 Å². The van der Waals surface area contributed by atoms with Crippen LogP contribution in [0.1, 0.15) is 19.4 Å². The molecule has 1 aliphatic rings. The van der Waals surface area contributed by atoms with Crippen LogP contribution >= 0.6 is 15.9 Å². The highest BCUT2D eigenvalue weighted by atomic mass is 79.9. The minimum absolute atomic E-state index is 0.150.